The molecule has 0 aliphatic carbocycles. The van der Waals surface area contributed by atoms with Gasteiger partial charge in [-0.1, -0.05) is 36.4 Å². The molecule has 4 aliphatic rings. The van der Waals surface area contributed by atoms with E-state index in [1.165, 1.54) is 17.7 Å². The molecule has 3 saturated heterocycles. The largest absolute Gasteiger partial charge is 0.372 e. The van der Waals surface area contributed by atoms with Crippen molar-refractivity contribution in [1.82, 2.24) is 9.80 Å². The third kappa shape index (κ3) is 3.90. The van der Waals surface area contributed by atoms with Crippen LogP contribution < -0.4 is 0 Å². The summed E-state index contributed by atoms with van der Waals surface area (Å²) in [4.78, 5) is 18.3. The van der Waals surface area contributed by atoms with Crippen LogP contribution in [0.3, 0.4) is 0 Å². The summed E-state index contributed by atoms with van der Waals surface area (Å²) >= 11 is 0. The van der Waals surface area contributed by atoms with Gasteiger partial charge in [-0.25, -0.2) is 4.39 Å². The molecule has 0 unspecified atom stereocenters. The van der Waals surface area contributed by atoms with Gasteiger partial charge in [0.25, 0.3) is 5.91 Å². The predicted octanol–water partition coefficient (Wildman–Crippen LogP) is 4.19. The van der Waals surface area contributed by atoms with Gasteiger partial charge in [-0.2, -0.15) is 0 Å². The quantitative estimate of drug-likeness (QED) is 0.724. The molecular weight excluding hydrogens is 391 g/mol. The zero-order valence-corrected chi connectivity index (χ0v) is 18.2. The van der Waals surface area contributed by atoms with Crippen LogP contribution in [-0.4, -0.2) is 55.1 Å². The second-order valence-corrected chi connectivity index (χ2v) is 9.45. The minimum Gasteiger partial charge on any atom is -0.372 e. The Morgan fingerprint density at radius 2 is 1.74 bits per heavy atom. The monoisotopic (exact) mass is 422 g/mol. The first-order valence-electron chi connectivity index (χ1n) is 11.5. The number of hydrogen-bond donors (Lipinski definition) is 0. The van der Waals surface area contributed by atoms with Crippen LogP contribution >= 0.6 is 0 Å². The maximum absolute atomic E-state index is 13.9. The average Bonchev–Trinajstić information content (AvgIpc) is 2.83. The van der Waals surface area contributed by atoms with E-state index in [-0.39, 0.29) is 23.2 Å². The van der Waals surface area contributed by atoms with E-state index < -0.39 is 6.10 Å². The van der Waals surface area contributed by atoms with Gasteiger partial charge in [0.05, 0.1) is 6.04 Å². The average molecular weight is 423 g/mol. The van der Waals surface area contributed by atoms with Gasteiger partial charge in [0.1, 0.15) is 11.9 Å². The molecule has 0 radical (unpaired) electrons. The molecule has 0 spiro atoms. The number of fused-ring (bicyclic) bond motifs is 4. The van der Waals surface area contributed by atoms with Crippen molar-refractivity contribution in [3.63, 3.8) is 0 Å². The molecule has 2 atom stereocenters. The maximum atomic E-state index is 13.9. The highest BCUT2D eigenvalue weighted by Gasteiger charge is 2.44. The lowest BCUT2D eigenvalue weighted by Crippen LogP contribution is -2.52. The number of methoxy groups -OCH3 is 1. The summed E-state index contributed by atoms with van der Waals surface area (Å²) in [5.74, 6) is -0.197. The van der Waals surface area contributed by atoms with E-state index in [0.29, 0.717) is 6.54 Å². The van der Waals surface area contributed by atoms with E-state index in [1.807, 2.05) is 17.0 Å². The second-order valence-electron chi connectivity index (χ2n) is 9.45. The number of piperidine rings is 3. The van der Waals surface area contributed by atoms with Crippen LogP contribution in [0.25, 0.3) is 0 Å². The second kappa shape index (κ2) is 8.36. The minimum absolute atomic E-state index is 0.0636. The Balaban J connectivity index is 1.45. The normalized spacial score (nSPS) is 28.3. The number of benzene rings is 2. The number of hydrogen-bond acceptors (Lipinski definition) is 3. The lowest BCUT2D eigenvalue weighted by atomic mass is 9.68. The number of ether oxygens (including phenoxy) is 1. The number of rotatable bonds is 5. The molecule has 5 heteroatoms. The molecule has 1 amide bonds. The van der Waals surface area contributed by atoms with Gasteiger partial charge in [0, 0.05) is 13.7 Å². The highest BCUT2D eigenvalue weighted by atomic mass is 19.1. The Morgan fingerprint density at radius 3 is 2.42 bits per heavy atom. The number of amides is 1. The van der Waals surface area contributed by atoms with E-state index in [2.05, 4.69) is 17.0 Å². The molecule has 31 heavy (non-hydrogen) atoms. The summed E-state index contributed by atoms with van der Waals surface area (Å²) < 4.78 is 19.5. The fraction of sp³-hybridized carbons (Fsp3) is 0.500. The number of halogens is 1. The topological polar surface area (TPSA) is 32.8 Å². The summed E-state index contributed by atoms with van der Waals surface area (Å²) in [7, 11) is 1.67. The number of carbonyl (C=O) groups is 1. The zero-order valence-electron chi connectivity index (χ0n) is 18.2. The molecule has 2 aromatic rings. The third-order valence-corrected chi connectivity index (χ3v) is 7.81. The first-order chi connectivity index (χ1) is 15.1. The molecule has 3 fully saturated rings. The molecule has 4 aliphatic heterocycles. The SMILES string of the molecule is CO[C@H](CC12CCN(CC1)CC2)C(=O)N1CCc2ccccc2[C@@H]1c1ccc(F)cc1. The Morgan fingerprint density at radius 1 is 1.06 bits per heavy atom. The zero-order chi connectivity index (χ0) is 21.4. The molecule has 6 rings (SSSR count). The van der Waals surface area contributed by atoms with E-state index in [0.717, 1.165) is 62.9 Å². The number of nitrogens with zero attached hydrogens (tertiary/aromatic N) is 2. The van der Waals surface area contributed by atoms with Gasteiger partial charge in [0.2, 0.25) is 0 Å². The van der Waals surface area contributed by atoms with Crippen molar-refractivity contribution in [2.24, 2.45) is 5.41 Å². The van der Waals surface area contributed by atoms with Crippen LogP contribution in [0.5, 0.6) is 0 Å². The lowest BCUT2D eigenvalue weighted by Gasteiger charge is -2.50. The summed E-state index contributed by atoms with van der Waals surface area (Å²) in [5.41, 5.74) is 3.56. The van der Waals surface area contributed by atoms with Crippen molar-refractivity contribution >= 4 is 5.91 Å². The molecule has 2 aromatic carbocycles. The summed E-state index contributed by atoms with van der Waals surface area (Å²) in [6.07, 6.45) is 4.66. The minimum atomic E-state index is -0.433. The van der Waals surface area contributed by atoms with E-state index in [4.69, 9.17) is 4.74 Å². The predicted molar refractivity (Wildman–Crippen MR) is 118 cm³/mol. The van der Waals surface area contributed by atoms with Crippen LogP contribution in [0.15, 0.2) is 48.5 Å². The van der Waals surface area contributed by atoms with Gasteiger partial charge in [-0.3, -0.25) is 4.79 Å². The van der Waals surface area contributed by atoms with Crippen LogP contribution in [0.1, 0.15) is 48.4 Å². The van der Waals surface area contributed by atoms with Crippen LogP contribution in [0, 0.1) is 11.2 Å². The van der Waals surface area contributed by atoms with E-state index >= 15 is 0 Å². The molecule has 4 heterocycles. The highest BCUT2D eigenvalue weighted by molar-refractivity contribution is 5.82. The summed E-state index contributed by atoms with van der Waals surface area (Å²) in [6, 6.07) is 14.7. The van der Waals surface area contributed by atoms with Crippen LogP contribution in [0.4, 0.5) is 4.39 Å². The molecular formula is C26H31FN2O2. The molecule has 164 valence electrons. The van der Waals surface area contributed by atoms with Crippen molar-refractivity contribution in [1.29, 1.82) is 0 Å². The lowest BCUT2D eigenvalue weighted by molar-refractivity contribution is -0.148. The van der Waals surface area contributed by atoms with E-state index in [9.17, 15) is 9.18 Å². The Hall–Kier alpha value is -2.24. The molecule has 2 bridgehead atoms. The van der Waals surface area contributed by atoms with Crippen LogP contribution in [0.2, 0.25) is 0 Å². The fourth-order valence-electron chi connectivity index (χ4n) is 5.86. The number of carbonyl (C=O) groups excluding carboxylic acids is 1. The van der Waals surface area contributed by atoms with E-state index in [1.54, 1.807) is 19.2 Å². The van der Waals surface area contributed by atoms with Gasteiger partial charge < -0.3 is 14.5 Å². The van der Waals surface area contributed by atoms with Gasteiger partial charge in [0.15, 0.2) is 0 Å². The maximum Gasteiger partial charge on any atom is 0.252 e. The third-order valence-electron chi connectivity index (χ3n) is 7.81. The fourth-order valence-corrected chi connectivity index (χ4v) is 5.86. The van der Waals surface area contributed by atoms with Crippen LogP contribution in [-0.2, 0) is 16.0 Å². The standard InChI is InChI=1S/C26H31FN2O2/c1-31-23(18-26-11-15-28(16-12-26)17-13-26)25(30)29-14-10-19-4-2-3-5-22(19)24(29)20-6-8-21(27)9-7-20/h2-9,23-24H,10-18H2,1H3/t23-,24+/m1/s1. The van der Waals surface area contributed by atoms with Crippen molar-refractivity contribution in [2.75, 3.05) is 33.3 Å². The molecule has 4 nitrogen and oxygen atoms in total. The summed E-state index contributed by atoms with van der Waals surface area (Å²) in [5, 5.41) is 0. The molecule has 0 aromatic heterocycles. The Kier molecular flexibility index (Phi) is 5.57. The van der Waals surface area contributed by atoms with Gasteiger partial charge in [-0.05, 0) is 86.0 Å². The van der Waals surface area contributed by atoms with Crippen molar-refractivity contribution < 1.29 is 13.9 Å². The van der Waals surface area contributed by atoms with Crippen molar-refractivity contribution in [3.8, 4) is 0 Å². The Bertz CT molecular complexity index is 923. The summed E-state index contributed by atoms with van der Waals surface area (Å²) in [6.45, 7) is 4.07. The highest BCUT2D eigenvalue weighted by Crippen LogP contribution is 2.45. The van der Waals surface area contributed by atoms with Crippen molar-refractivity contribution in [2.45, 2.75) is 44.2 Å². The smallest absolute Gasteiger partial charge is 0.252 e. The van der Waals surface area contributed by atoms with Gasteiger partial charge >= 0.3 is 0 Å². The first-order valence-corrected chi connectivity index (χ1v) is 11.5. The van der Waals surface area contributed by atoms with Crippen molar-refractivity contribution in [3.05, 3.63) is 71.0 Å². The molecule has 0 N–H and O–H groups in total. The first kappa shape index (κ1) is 20.7. The molecule has 0 saturated carbocycles. The van der Waals surface area contributed by atoms with Gasteiger partial charge in [-0.15, -0.1) is 0 Å². The Labute approximate surface area is 184 Å².